The SMILES string of the molecule is C#CC1CC(=O)N(Cc2cccc3nonc23)C1. The molecule has 0 N–H and O–H groups in total. The van der Waals surface area contributed by atoms with Gasteiger partial charge in [-0.3, -0.25) is 4.79 Å². The van der Waals surface area contributed by atoms with Crippen molar-refractivity contribution in [1.82, 2.24) is 15.2 Å². The number of benzene rings is 1. The van der Waals surface area contributed by atoms with Crippen molar-refractivity contribution >= 4 is 16.9 Å². The Hall–Kier alpha value is -2.35. The van der Waals surface area contributed by atoms with E-state index in [1.54, 1.807) is 4.90 Å². The Morgan fingerprint density at radius 2 is 2.39 bits per heavy atom. The van der Waals surface area contributed by atoms with Gasteiger partial charge in [-0.1, -0.05) is 12.1 Å². The van der Waals surface area contributed by atoms with Crippen molar-refractivity contribution in [3.8, 4) is 12.3 Å². The van der Waals surface area contributed by atoms with Gasteiger partial charge in [0.15, 0.2) is 0 Å². The highest BCUT2D eigenvalue weighted by Crippen LogP contribution is 2.22. The first-order chi connectivity index (χ1) is 8.78. The third kappa shape index (κ3) is 1.72. The van der Waals surface area contributed by atoms with Crippen LogP contribution in [-0.4, -0.2) is 27.7 Å². The molecule has 0 saturated carbocycles. The van der Waals surface area contributed by atoms with Crippen LogP contribution in [0.15, 0.2) is 22.8 Å². The molecule has 1 aliphatic rings. The molecule has 0 aliphatic carbocycles. The molecule has 1 unspecified atom stereocenters. The number of carbonyl (C=O) groups excluding carboxylic acids is 1. The van der Waals surface area contributed by atoms with Gasteiger partial charge in [-0.2, -0.15) is 0 Å². The monoisotopic (exact) mass is 241 g/mol. The van der Waals surface area contributed by atoms with Crippen molar-refractivity contribution in [1.29, 1.82) is 0 Å². The van der Waals surface area contributed by atoms with Crippen molar-refractivity contribution in [3.63, 3.8) is 0 Å². The molecule has 18 heavy (non-hydrogen) atoms. The molecule has 5 nitrogen and oxygen atoms in total. The lowest BCUT2D eigenvalue weighted by Gasteiger charge is -2.15. The van der Waals surface area contributed by atoms with E-state index in [2.05, 4.69) is 16.2 Å². The van der Waals surface area contributed by atoms with Crippen LogP contribution < -0.4 is 0 Å². The van der Waals surface area contributed by atoms with Crippen LogP contribution in [0.5, 0.6) is 0 Å². The number of carbonyl (C=O) groups is 1. The highest BCUT2D eigenvalue weighted by Gasteiger charge is 2.28. The maximum absolute atomic E-state index is 11.8. The Labute approximate surface area is 104 Å². The number of hydrogen-bond acceptors (Lipinski definition) is 4. The van der Waals surface area contributed by atoms with Gasteiger partial charge in [0, 0.05) is 31.0 Å². The minimum atomic E-state index is 0.0205. The summed E-state index contributed by atoms with van der Waals surface area (Å²) in [7, 11) is 0. The fraction of sp³-hybridized carbons (Fsp3) is 0.308. The third-order valence-electron chi connectivity index (χ3n) is 3.18. The van der Waals surface area contributed by atoms with E-state index >= 15 is 0 Å². The van der Waals surface area contributed by atoms with E-state index < -0.39 is 0 Å². The van der Waals surface area contributed by atoms with E-state index in [4.69, 9.17) is 11.1 Å². The quantitative estimate of drug-likeness (QED) is 0.741. The minimum Gasteiger partial charge on any atom is -0.337 e. The molecule has 1 saturated heterocycles. The van der Waals surface area contributed by atoms with Crippen LogP contribution in [0.25, 0.3) is 11.0 Å². The zero-order valence-electron chi connectivity index (χ0n) is 9.67. The Kier molecular flexibility index (Phi) is 2.49. The summed E-state index contributed by atoms with van der Waals surface area (Å²) in [5.74, 6) is 2.74. The number of amides is 1. The average Bonchev–Trinajstić information content (AvgIpc) is 2.97. The van der Waals surface area contributed by atoms with Crippen LogP contribution in [-0.2, 0) is 11.3 Å². The highest BCUT2D eigenvalue weighted by atomic mass is 16.6. The summed E-state index contributed by atoms with van der Waals surface area (Å²) < 4.78 is 4.70. The lowest BCUT2D eigenvalue weighted by atomic mass is 10.1. The lowest BCUT2D eigenvalue weighted by molar-refractivity contribution is -0.128. The fourth-order valence-electron chi connectivity index (χ4n) is 2.23. The smallest absolute Gasteiger partial charge is 0.224 e. The molecular formula is C13H11N3O2. The Morgan fingerprint density at radius 3 is 3.17 bits per heavy atom. The molecule has 90 valence electrons. The predicted octanol–water partition coefficient (Wildman–Crippen LogP) is 1.20. The van der Waals surface area contributed by atoms with E-state index in [0.29, 0.717) is 30.5 Å². The van der Waals surface area contributed by atoms with Gasteiger partial charge in [-0.15, -0.1) is 12.3 Å². The van der Waals surface area contributed by atoms with Crippen LogP contribution in [0.2, 0.25) is 0 Å². The van der Waals surface area contributed by atoms with Gasteiger partial charge in [-0.25, -0.2) is 4.63 Å². The van der Waals surface area contributed by atoms with Crippen molar-refractivity contribution < 1.29 is 9.42 Å². The molecule has 0 radical (unpaired) electrons. The first-order valence-electron chi connectivity index (χ1n) is 5.72. The molecule has 3 rings (SSSR count). The van der Waals surface area contributed by atoms with Crippen LogP contribution in [0, 0.1) is 18.3 Å². The Bertz CT molecular complexity index is 641. The zero-order chi connectivity index (χ0) is 12.5. The van der Waals surface area contributed by atoms with Gasteiger partial charge >= 0.3 is 0 Å². The minimum absolute atomic E-state index is 0.0205. The molecule has 1 aromatic carbocycles. The van der Waals surface area contributed by atoms with Gasteiger partial charge in [0.05, 0.1) is 0 Å². The molecule has 1 fully saturated rings. The summed E-state index contributed by atoms with van der Waals surface area (Å²) in [5.41, 5.74) is 2.34. The van der Waals surface area contributed by atoms with Crippen molar-refractivity contribution in [2.24, 2.45) is 5.92 Å². The maximum atomic E-state index is 11.8. The summed E-state index contributed by atoms with van der Waals surface area (Å²) in [6.45, 7) is 1.11. The van der Waals surface area contributed by atoms with Gasteiger partial charge in [0.1, 0.15) is 11.0 Å². The second-order valence-corrected chi connectivity index (χ2v) is 4.39. The lowest BCUT2D eigenvalue weighted by Crippen LogP contribution is -2.24. The zero-order valence-corrected chi connectivity index (χ0v) is 9.67. The normalized spacial score (nSPS) is 19.4. The summed E-state index contributed by atoms with van der Waals surface area (Å²) in [6.07, 6.45) is 5.79. The van der Waals surface area contributed by atoms with Crippen molar-refractivity contribution in [3.05, 3.63) is 23.8 Å². The van der Waals surface area contributed by atoms with Gasteiger partial charge in [-0.05, 0) is 16.4 Å². The topological polar surface area (TPSA) is 59.2 Å². The van der Waals surface area contributed by atoms with Crippen LogP contribution in [0.4, 0.5) is 0 Å². The number of aromatic nitrogens is 2. The second-order valence-electron chi connectivity index (χ2n) is 4.39. The molecule has 1 atom stereocenters. The van der Waals surface area contributed by atoms with Gasteiger partial charge in [0.25, 0.3) is 0 Å². The van der Waals surface area contributed by atoms with E-state index in [9.17, 15) is 4.79 Å². The molecule has 2 aromatic rings. The van der Waals surface area contributed by atoms with Crippen molar-refractivity contribution in [2.75, 3.05) is 6.54 Å². The molecule has 1 amide bonds. The average molecular weight is 241 g/mol. The second kappa shape index (κ2) is 4.15. The molecule has 0 bridgehead atoms. The molecule has 1 aromatic heterocycles. The van der Waals surface area contributed by atoms with Crippen LogP contribution in [0.1, 0.15) is 12.0 Å². The first-order valence-corrected chi connectivity index (χ1v) is 5.72. The maximum Gasteiger partial charge on any atom is 0.224 e. The number of terminal acetylenes is 1. The fourth-order valence-corrected chi connectivity index (χ4v) is 2.23. The van der Waals surface area contributed by atoms with Gasteiger partial charge < -0.3 is 4.90 Å². The first kappa shape index (κ1) is 10.8. The largest absolute Gasteiger partial charge is 0.337 e. The van der Waals surface area contributed by atoms with E-state index in [-0.39, 0.29) is 11.8 Å². The number of rotatable bonds is 2. The predicted molar refractivity (Wildman–Crippen MR) is 64.2 cm³/mol. The standard InChI is InChI=1S/C13H11N3O2/c1-2-9-6-12(17)16(7-9)8-10-4-3-5-11-13(10)15-18-14-11/h1,3-5,9H,6-8H2. The molecule has 5 heteroatoms. The Morgan fingerprint density at radius 1 is 1.50 bits per heavy atom. The van der Waals surface area contributed by atoms with Crippen molar-refractivity contribution in [2.45, 2.75) is 13.0 Å². The molecule has 1 aliphatic heterocycles. The van der Waals surface area contributed by atoms with E-state index in [1.165, 1.54) is 0 Å². The number of fused-ring (bicyclic) bond motifs is 1. The van der Waals surface area contributed by atoms with Gasteiger partial charge in [0.2, 0.25) is 5.91 Å². The number of nitrogens with zero attached hydrogens (tertiary/aromatic N) is 3. The van der Waals surface area contributed by atoms with E-state index in [0.717, 1.165) is 5.56 Å². The number of likely N-dealkylation sites (tertiary alicyclic amines) is 1. The Balaban J connectivity index is 1.87. The highest BCUT2D eigenvalue weighted by molar-refractivity contribution is 5.81. The van der Waals surface area contributed by atoms with E-state index in [1.807, 2.05) is 18.2 Å². The van der Waals surface area contributed by atoms with Crippen LogP contribution in [0.3, 0.4) is 0 Å². The summed E-state index contributed by atoms with van der Waals surface area (Å²) >= 11 is 0. The molecule has 0 spiro atoms. The summed E-state index contributed by atoms with van der Waals surface area (Å²) in [5, 5.41) is 7.64. The van der Waals surface area contributed by atoms with Crippen LogP contribution >= 0.6 is 0 Å². The summed E-state index contributed by atoms with van der Waals surface area (Å²) in [6, 6.07) is 5.62. The summed E-state index contributed by atoms with van der Waals surface area (Å²) in [4.78, 5) is 13.6. The number of hydrogen-bond donors (Lipinski definition) is 0. The third-order valence-corrected chi connectivity index (χ3v) is 3.18. The molecule has 2 heterocycles. The molecular weight excluding hydrogens is 230 g/mol.